The van der Waals surface area contributed by atoms with Gasteiger partial charge in [-0.15, -0.1) is 0 Å². The summed E-state index contributed by atoms with van der Waals surface area (Å²) in [7, 11) is 0. The Labute approximate surface area is 165 Å². The molecule has 2 aromatic rings. The van der Waals surface area contributed by atoms with Crippen molar-refractivity contribution in [3.8, 4) is 0 Å². The molecule has 0 fully saturated rings. The molecule has 0 aromatic heterocycles. The molecular formula is C22H26N2O4. The van der Waals surface area contributed by atoms with Crippen molar-refractivity contribution >= 4 is 17.8 Å². The van der Waals surface area contributed by atoms with E-state index in [4.69, 9.17) is 0 Å². The van der Waals surface area contributed by atoms with Gasteiger partial charge in [0.25, 0.3) is 0 Å². The third kappa shape index (κ3) is 5.94. The molecule has 0 saturated carbocycles. The molecule has 148 valence electrons. The molecule has 2 aromatic carbocycles. The molecule has 6 heteroatoms. The number of amides is 2. The number of nitrogens with one attached hydrogen (secondary N) is 2. The second kappa shape index (κ2) is 9.69. The van der Waals surface area contributed by atoms with Crippen LogP contribution < -0.4 is 10.6 Å². The minimum atomic E-state index is -1.16. The Morgan fingerprint density at radius 1 is 0.964 bits per heavy atom. The van der Waals surface area contributed by atoms with Crippen LogP contribution in [0.25, 0.3) is 0 Å². The van der Waals surface area contributed by atoms with Crippen molar-refractivity contribution in [2.45, 2.75) is 39.7 Å². The molecule has 0 radical (unpaired) electrons. The number of carboxylic acid groups (broad SMARTS) is 1. The highest BCUT2D eigenvalue weighted by molar-refractivity contribution is 5.88. The average molecular weight is 382 g/mol. The number of carbonyl (C=O) groups is 3. The van der Waals surface area contributed by atoms with Crippen molar-refractivity contribution in [2.24, 2.45) is 0 Å². The first-order valence-electron chi connectivity index (χ1n) is 9.18. The molecule has 0 aliphatic heterocycles. The molecule has 1 atom stereocenters. The zero-order valence-electron chi connectivity index (χ0n) is 16.4. The van der Waals surface area contributed by atoms with Gasteiger partial charge in [0.1, 0.15) is 0 Å². The highest BCUT2D eigenvalue weighted by Crippen LogP contribution is 2.20. The van der Waals surface area contributed by atoms with Gasteiger partial charge in [-0.25, -0.2) is 4.79 Å². The van der Waals surface area contributed by atoms with Crippen molar-refractivity contribution in [3.05, 3.63) is 70.3 Å². The molecule has 0 bridgehead atoms. The Bertz CT molecular complexity index is 859. The monoisotopic (exact) mass is 382 g/mol. The lowest BCUT2D eigenvalue weighted by atomic mass is 9.97. The van der Waals surface area contributed by atoms with Crippen LogP contribution in [0.3, 0.4) is 0 Å². The summed E-state index contributed by atoms with van der Waals surface area (Å²) >= 11 is 0. The molecule has 3 N–H and O–H groups in total. The molecular weight excluding hydrogens is 356 g/mol. The van der Waals surface area contributed by atoms with Crippen LogP contribution in [0.4, 0.5) is 0 Å². The van der Waals surface area contributed by atoms with Gasteiger partial charge in [0.2, 0.25) is 11.8 Å². The van der Waals surface area contributed by atoms with E-state index in [-0.39, 0.29) is 18.9 Å². The van der Waals surface area contributed by atoms with Crippen LogP contribution in [0.5, 0.6) is 0 Å². The van der Waals surface area contributed by atoms with Crippen molar-refractivity contribution in [2.75, 3.05) is 6.54 Å². The summed E-state index contributed by atoms with van der Waals surface area (Å²) in [5, 5.41) is 14.5. The molecule has 0 spiro atoms. The van der Waals surface area contributed by atoms with E-state index in [1.807, 2.05) is 51.1 Å². The van der Waals surface area contributed by atoms with Crippen molar-refractivity contribution in [1.82, 2.24) is 10.6 Å². The summed E-state index contributed by atoms with van der Waals surface area (Å²) in [6.45, 7) is 5.44. The third-order valence-electron chi connectivity index (χ3n) is 4.72. The topological polar surface area (TPSA) is 95.5 Å². The van der Waals surface area contributed by atoms with E-state index in [1.165, 1.54) is 0 Å². The first-order chi connectivity index (χ1) is 13.3. The van der Waals surface area contributed by atoms with Crippen molar-refractivity contribution in [1.29, 1.82) is 0 Å². The van der Waals surface area contributed by atoms with E-state index < -0.39 is 17.9 Å². The Morgan fingerprint density at radius 3 is 2.29 bits per heavy atom. The maximum absolute atomic E-state index is 12.2. The lowest BCUT2D eigenvalue weighted by molar-refractivity contribution is -0.142. The van der Waals surface area contributed by atoms with Gasteiger partial charge in [-0.2, -0.15) is 0 Å². The molecule has 28 heavy (non-hydrogen) atoms. The molecule has 0 saturated heterocycles. The van der Waals surface area contributed by atoms with Crippen LogP contribution in [0.1, 0.15) is 40.3 Å². The highest BCUT2D eigenvalue weighted by Gasteiger charge is 2.24. The van der Waals surface area contributed by atoms with Crippen LogP contribution in [0.2, 0.25) is 0 Å². The Kier molecular flexibility index (Phi) is 7.32. The first-order valence-corrected chi connectivity index (χ1v) is 9.18. The number of rotatable bonds is 8. The number of benzene rings is 2. The average Bonchev–Trinajstić information content (AvgIpc) is 2.66. The number of carboxylic acids is 1. The van der Waals surface area contributed by atoms with Crippen LogP contribution in [-0.4, -0.2) is 29.4 Å². The number of hydrogen-bond donors (Lipinski definition) is 3. The van der Waals surface area contributed by atoms with Crippen LogP contribution >= 0.6 is 0 Å². The minimum Gasteiger partial charge on any atom is -0.479 e. The number of hydrogen-bond acceptors (Lipinski definition) is 3. The molecule has 6 nitrogen and oxygen atoms in total. The zero-order chi connectivity index (χ0) is 20.7. The van der Waals surface area contributed by atoms with E-state index in [0.717, 1.165) is 22.3 Å². The molecule has 2 rings (SSSR count). The largest absolute Gasteiger partial charge is 0.479 e. The number of aliphatic carboxylic acids is 1. The lowest BCUT2D eigenvalue weighted by Gasteiger charge is -2.18. The summed E-state index contributed by atoms with van der Waals surface area (Å²) in [5.41, 5.74) is 4.50. The summed E-state index contributed by atoms with van der Waals surface area (Å²) < 4.78 is 0. The molecule has 1 unspecified atom stereocenters. The smallest absolute Gasteiger partial charge is 0.330 e. The Morgan fingerprint density at radius 2 is 1.64 bits per heavy atom. The number of carbonyl (C=O) groups excluding carboxylic acids is 2. The SMILES string of the molecule is Cc1ccc(CCC(=O)NCC(=O)NC(C(=O)O)c2cccc(C)c2C)cc1. The summed E-state index contributed by atoms with van der Waals surface area (Å²) in [6, 6.07) is 12.1. The third-order valence-corrected chi connectivity index (χ3v) is 4.72. The van der Waals surface area contributed by atoms with E-state index in [2.05, 4.69) is 10.6 Å². The van der Waals surface area contributed by atoms with E-state index in [1.54, 1.807) is 12.1 Å². The lowest BCUT2D eigenvalue weighted by Crippen LogP contribution is -2.41. The maximum atomic E-state index is 12.2. The minimum absolute atomic E-state index is 0.255. The van der Waals surface area contributed by atoms with Gasteiger partial charge in [-0.1, -0.05) is 48.0 Å². The Hall–Kier alpha value is -3.15. The predicted octanol–water partition coefficient (Wildman–Crippen LogP) is 2.60. The predicted molar refractivity (Wildman–Crippen MR) is 107 cm³/mol. The number of aryl methyl sites for hydroxylation is 3. The van der Waals surface area contributed by atoms with Crippen LogP contribution in [0.15, 0.2) is 42.5 Å². The first kappa shape index (κ1) is 21.2. The molecule has 2 amide bonds. The van der Waals surface area contributed by atoms with Gasteiger partial charge in [-0.05, 0) is 49.4 Å². The van der Waals surface area contributed by atoms with Gasteiger partial charge in [0, 0.05) is 6.42 Å². The van der Waals surface area contributed by atoms with Crippen LogP contribution in [-0.2, 0) is 20.8 Å². The van der Waals surface area contributed by atoms with Crippen molar-refractivity contribution < 1.29 is 19.5 Å². The fraction of sp³-hybridized carbons (Fsp3) is 0.318. The fourth-order valence-corrected chi connectivity index (χ4v) is 2.85. The maximum Gasteiger partial charge on any atom is 0.330 e. The van der Waals surface area contributed by atoms with Crippen LogP contribution in [0, 0.1) is 20.8 Å². The van der Waals surface area contributed by atoms with Gasteiger partial charge in [-0.3, -0.25) is 9.59 Å². The molecule has 0 aliphatic carbocycles. The summed E-state index contributed by atoms with van der Waals surface area (Å²) in [6.07, 6.45) is 0.837. The van der Waals surface area contributed by atoms with E-state index >= 15 is 0 Å². The zero-order valence-corrected chi connectivity index (χ0v) is 16.4. The Balaban J connectivity index is 1.87. The van der Waals surface area contributed by atoms with Crippen molar-refractivity contribution in [3.63, 3.8) is 0 Å². The standard InChI is InChI=1S/C22H26N2O4/c1-14-7-9-17(10-8-14)11-12-19(25)23-13-20(26)24-21(22(27)28)18-6-4-5-15(2)16(18)3/h4-10,21H,11-13H2,1-3H3,(H,23,25)(H,24,26)(H,27,28). The van der Waals surface area contributed by atoms with Gasteiger partial charge < -0.3 is 15.7 Å². The normalized spacial score (nSPS) is 11.5. The highest BCUT2D eigenvalue weighted by atomic mass is 16.4. The quantitative estimate of drug-likeness (QED) is 0.654. The second-order valence-corrected chi connectivity index (χ2v) is 6.89. The van der Waals surface area contributed by atoms with Gasteiger partial charge in [0.15, 0.2) is 6.04 Å². The summed E-state index contributed by atoms with van der Waals surface area (Å²) in [4.78, 5) is 35.7. The van der Waals surface area contributed by atoms with Gasteiger partial charge in [0.05, 0.1) is 6.54 Å². The molecule has 0 aliphatic rings. The van der Waals surface area contributed by atoms with E-state index in [9.17, 15) is 19.5 Å². The van der Waals surface area contributed by atoms with E-state index in [0.29, 0.717) is 12.0 Å². The summed E-state index contributed by atoms with van der Waals surface area (Å²) in [5.74, 6) is -1.95. The molecule has 0 heterocycles. The van der Waals surface area contributed by atoms with Gasteiger partial charge >= 0.3 is 5.97 Å². The second-order valence-electron chi connectivity index (χ2n) is 6.89. The fourth-order valence-electron chi connectivity index (χ4n) is 2.85.